The predicted molar refractivity (Wildman–Crippen MR) is 65.4 cm³/mol. The molecule has 1 heterocycles. The van der Waals surface area contributed by atoms with Crippen LogP contribution in [0.2, 0.25) is 0 Å². The fourth-order valence-electron chi connectivity index (χ4n) is 2.10. The first-order chi connectivity index (χ1) is 9.00. The largest absolute Gasteiger partial charge is 0.336 e. The van der Waals surface area contributed by atoms with Gasteiger partial charge in [-0.05, 0) is 31.8 Å². The lowest BCUT2D eigenvalue weighted by Gasteiger charge is -2.27. The van der Waals surface area contributed by atoms with E-state index in [1.54, 1.807) is 29.2 Å². The molecule has 1 aliphatic heterocycles. The Morgan fingerprint density at radius 3 is 2.88 bits per heavy atom. The van der Waals surface area contributed by atoms with Gasteiger partial charge in [-0.2, -0.15) is 0 Å². The zero-order valence-electron chi connectivity index (χ0n) is 12.4. The zero-order valence-corrected chi connectivity index (χ0v) is 9.36. The summed E-state index contributed by atoms with van der Waals surface area (Å²) >= 11 is 0. The molecule has 0 unspecified atom stereocenters. The molecule has 0 bridgehead atoms. The number of hydrogen-bond acceptors (Lipinski definition) is 1. The quantitative estimate of drug-likeness (QED) is 0.712. The second-order valence-corrected chi connectivity index (χ2v) is 4.23. The van der Waals surface area contributed by atoms with Crippen LogP contribution in [0, 0.1) is 0 Å². The first-order valence-electron chi connectivity index (χ1n) is 7.36. The van der Waals surface area contributed by atoms with E-state index in [4.69, 9.17) is 4.11 Å². The molecule has 2 rings (SSSR count). The van der Waals surface area contributed by atoms with Crippen molar-refractivity contribution in [3.05, 3.63) is 35.9 Å². The van der Waals surface area contributed by atoms with Gasteiger partial charge in [0.15, 0.2) is 0 Å². The summed E-state index contributed by atoms with van der Waals surface area (Å²) in [6.07, 6.45) is 3.31. The van der Waals surface area contributed by atoms with E-state index >= 15 is 0 Å². The normalized spacial score (nSPS) is 25.1. The summed E-state index contributed by atoms with van der Waals surface area (Å²) in [5.74, 6) is -0.163. The van der Waals surface area contributed by atoms with Crippen LogP contribution in [0.1, 0.15) is 47.0 Å². The monoisotopic (exact) mass is 220 g/mol. The van der Waals surface area contributed by atoms with Crippen LogP contribution < -0.4 is 0 Å². The first kappa shape index (κ1) is 7.88. The van der Waals surface area contributed by atoms with Crippen molar-refractivity contribution in [1.82, 2.24) is 4.90 Å². The molecule has 16 heavy (non-hydrogen) atoms. The summed E-state index contributed by atoms with van der Waals surface area (Å²) < 4.78 is 22.9. The van der Waals surface area contributed by atoms with Crippen molar-refractivity contribution in [3.8, 4) is 0 Å². The van der Waals surface area contributed by atoms with E-state index in [-0.39, 0.29) is 5.91 Å². The minimum Gasteiger partial charge on any atom is -0.336 e. The first-order valence-corrected chi connectivity index (χ1v) is 5.86. The summed E-state index contributed by atoms with van der Waals surface area (Å²) in [6, 6.07) is 8.28. The number of nitrogens with zero attached hydrogens (tertiary/aromatic N) is 1. The number of amides is 1. The highest BCUT2D eigenvalue weighted by Gasteiger charge is 2.22. The highest BCUT2D eigenvalue weighted by atomic mass is 16.2. The van der Waals surface area contributed by atoms with Gasteiger partial charge in [0.1, 0.15) is 0 Å². The van der Waals surface area contributed by atoms with Crippen LogP contribution >= 0.6 is 0 Å². The molecule has 1 saturated heterocycles. The molecule has 2 heteroatoms. The molecule has 1 fully saturated rings. The zero-order chi connectivity index (χ0) is 13.9. The molecule has 0 aromatic heterocycles. The Balaban J connectivity index is 2.25. The molecular weight excluding hydrogens is 198 g/mol. The van der Waals surface area contributed by atoms with Crippen molar-refractivity contribution in [1.29, 1.82) is 0 Å². The molecule has 0 saturated carbocycles. The van der Waals surface area contributed by atoms with E-state index in [1.807, 2.05) is 6.07 Å². The SMILES string of the molecule is [2H]C([2H])([2H])[C@@H]1CCCCCN1C(=O)c1ccccc1. The third kappa shape index (κ3) is 2.43. The standard InChI is InChI=1S/C14H19NO/c1-12-8-4-3-7-11-15(12)14(16)13-9-5-2-6-10-13/h2,5-6,9-10,12H,3-4,7-8,11H2,1H3/t12-/m1/s1/i1D3. The van der Waals surface area contributed by atoms with E-state index in [2.05, 4.69) is 0 Å². The van der Waals surface area contributed by atoms with Crippen LogP contribution in [0.25, 0.3) is 0 Å². The minimum atomic E-state index is -2.10. The molecule has 86 valence electrons. The van der Waals surface area contributed by atoms with Crippen LogP contribution in [0.5, 0.6) is 0 Å². The number of benzene rings is 1. The highest BCUT2D eigenvalue weighted by Crippen LogP contribution is 2.18. The Hall–Kier alpha value is -1.31. The molecule has 1 amide bonds. The maximum absolute atomic E-state index is 12.5. The molecule has 1 aromatic carbocycles. The second kappa shape index (κ2) is 5.15. The molecular formula is C14H19NO. The second-order valence-electron chi connectivity index (χ2n) is 4.23. The van der Waals surface area contributed by atoms with E-state index in [1.165, 1.54) is 0 Å². The molecule has 1 aromatic rings. The van der Waals surface area contributed by atoms with Crippen LogP contribution in [-0.2, 0) is 0 Å². The minimum absolute atomic E-state index is 0.163. The van der Waals surface area contributed by atoms with Crippen molar-refractivity contribution in [2.45, 2.75) is 38.6 Å². The smallest absolute Gasteiger partial charge is 0.254 e. The lowest BCUT2D eigenvalue weighted by molar-refractivity contribution is 0.0698. The third-order valence-corrected chi connectivity index (χ3v) is 3.03. The molecule has 0 spiro atoms. The number of likely N-dealkylation sites (tertiary alicyclic amines) is 1. The van der Waals surface area contributed by atoms with Gasteiger partial charge in [-0.3, -0.25) is 4.79 Å². The van der Waals surface area contributed by atoms with Gasteiger partial charge in [0, 0.05) is 22.3 Å². The lowest BCUT2D eigenvalue weighted by Crippen LogP contribution is -2.38. The summed E-state index contributed by atoms with van der Waals surface area (Å²) in [5, 5.41) is 0. The summed E-state index contributed by atoms with van der Waals surface area (Å²) in [6.45, 7) is -1.56. The number of carbonyl (C=O) groups is 1. The Bertz CT molecular complexity index is 430. The van der Waals surface area contributed by atoms with Crippen molar-refractivity contribution < 1.29 is 8.91 Å². The van der Waals surface area contributed by atoms with Gasteiger partial charge in [-0.1, -0.05) is 31.0 Å². The molecule has 2 nitrogen and oxygen atoms in total. The van der Waals surface area contributed by atoms with Gasteiger partial charge in [0.2, 0.25) is 0 Å². The molecule has 0 radical (unpaired) electrons. The number of rotatable bonds is 1. The molecule has 0 aliphatic carbocycles. The van der Waals surface area contributed by atoms with Gasteiger partial charge >= 0.3 is 0 Å². The van der Waals surface area contributed by atoms with Crippen LogP contribution in [0.15, 0.2) is 30.3 Å². The lowest BCUT2D eigenvalue weighted by atomic mass is 10.1. The van der Waals surface area contributed by atoms with Gasteiger partial charge in [0.25, 0.3) is 5.91 Å². The molecule has 0 N–H and O–H groups in total. The fraction of sp³-hybridized carbons (Fsp3) is 0.500. The maximum Gasteiger partial charge on any atom is 0.254 e. The van der Waals surface area contributed by atoms with Crippen LogP contribution in [-0.4, -0.2) is 23.4 Å². The van der Waals surface area contributed by atoms with Crippen molar-refractivity contribution in [3.63, 3.8) is 0 Å². The maximum atomic E-state index is 12.5. The van der Waals surface area contributed by atoms with E-state index < -0.39 is 12.9 Å². The Kier molecular flexibility index (Phi) is 2.54. The van der Waals surface area contributed by atoms with Gasteiger partial charge in [-0.25, -0.2) is 0 Å². The predicted octanol–water partition coefficient (Wildman–Crippen LogP) is 3.09. The van der Waals surface area contributed by atoms with Gasteiger partial charge < -0.3 is 4.90 Å². The number of carbonyl (C=O) groups excluding carboxylic acids is 1. The van der Waals surface area contributed by atoms with E-state index in [9.17, 15) is 4.79 Å². The van der Waals surface area contributed by atoms with Crippen LogP contribution in [0.4, 0.5) is 0 Å². The molecule has 1 atom stereocenters. The third-order valence-electron chi connectivity index (χ3n) is 3.03. The Morgan fingerprint density at radius 1 is 1.31 bits per heavy atom. The van der Waals surface area contributed by atoms with Crippen LogP contribution in [0.3, 0.4) is 0 Å². The van der Waals surface area contributed by atoms with E-state index in [0.717, 1.165) is 19.3 Å². The van der Waals surface area contributed by atoms with Gasteiger partial charge in [0.05, 0.1) is 0 Å². The number of hydrogen-bond donors (Lipinski definition) is 0. The summed E-state index contributed by atoms with van der Waals surface area (Å²) in [5.41, 5.74) is 0.568. The fourth-order valence-corrected chi connectivity index (χ4v) is 2.10. The van der Waals surface area contributed by atoms with Crippen molar-refractivity contribution >= 4 is 5.91 Å². The summed E-state index contributed by atoms with van der Waals surface area (Å²) in [4.78, 5) is 14.0. The Morgan fingerprint density at radius 2 is 2.12 bits per heavy atom. The molecule has 1 aliphatic rings. The topological polar surface area (TPSA) is 20.3 Å². The summed E-state index contributed by atoms with van der Waals surface area (Å²) in [7, 11) is 0. The van der Waals surface area contributed by atoms with Crippen molar-refractivity contribution in [2.24, 2.45) is 0 Å². The van der Waals surface area contributed by atoms with Gasteiger partial charge in [-0.15, -0.1) is 0 Å². The van der Waals surface area contributed by atoms with Crippen molar-refractivity contribution in [2.75, 3.05) is 6.54 Å². The average Bonchev–Trinajstić information content (AvgIpc) is 2.64. The average molecular weight is 220 g/mol. The van der Waals surface area contributed by atoms with E-state index in [0.29, 0.717) is 18.5 Å². The Labute approximate surface area is 101 Å². The highest BCUT2D eigenvalue weighted by molar-refractivity contribution is 5.94.